The Labute approximate surface area is 244 Å². The molecule has 41 heavy (non-hydrogen) atoms. The second-order valence-electron chi connectivity index (χ2n) is 11.4. The monoisotopic (exact) mass is 580 g/mol. The van der Waals surface area contributed by atoms with Gasteiger partial charge in [0.05, 0.1) is 0 Å². The number of Topliss-reactive ketones (excluding diaryl/α,β-unsaturated/α-hetero) is 5. The topological polar surface area (TPSA) is 115 Å². The molecule has 2 aromatic rings. The first-order valence-electron chi connectivity index (χ1n) is 14.4. The van der Waals surface area contributed by atoms with Crippen LogP contribution in [0.4, 0.5) is 0 Å². The zero-order chi connectivity index (χ0) is 30.3. The van der Waals surface area contributed by atoms with E-state index in [-0.39, 0.29) is 111 Å². The highest BCUT2D eigenvalue weighted by Gasteiger charge is 2.50. The summed E-state index contributed by atoms with van der Waals surface area (Å²) in [7, 11) is -2.72. The molecule has 0 bridgehead atoms. The van der Waals surface area contributed by atoms with E-state index >= 15 is 0 Å². The predicted molar refractivity (Wildman–Crippen MR) is 162 cm³/mol. The molecule has 0 radical (unpaired) electrons. The van der Waals surface area contributed by atoms with Crippen molar-refractivity contribution in [1.29, 1.82) is 0 Å². The summed E-state index contributed by atoms with van der Waals surface area (Å²) in [4.78, 5) is 60.3. The first-order chi connectivity index (χ1) is 19.5. The SMILES string of the molecule is CC(C)(C)[Si](OCCC(=O)CCC(=O)CCC(=O)CCC(=O)CCC(=O)CCO)(c1ccccc1)c1ccccc1. The molecule has 0 aliphatic carbocycles. The van der Waals surface area contributed by atoms with Crippen molar-refractivity contribution >= 4 is 47.6 Å². The molecule has 7 nitrogen and oxygen atoms in total. The number of carbonyl (C=O) groups is 5. The van der Waals surface area contributed by atoms with Crippen LogP contribution in [0.5, 0.6) is 0 Å². The normalized spacial score (nSPS) is 11.7. The van der Waals surface area contributed by atoms with E-state index in [2.05, 4.69) is 45.0 Å². The molecule has 0 aliphatic rings. The number of rotatable bonds is 20. The van der Waals surface area contributed by atoms with Crippen LogP contribution in [-0.4, -0.2) is 55.6 Å². The van der Waals surface area contributed by atoms with Crippen LogP contribution >= 0.6 is 0 Å². The lowest BCUT2D eigenvalue weighted by molar-refractivity contribution is -0.127. The molecular formula is C33H44O7Si. The zero-order valence-corrected chi connectivity index (χ0v) is 25.7. The minimum Gasteiger partial charge on any atom is -0.407 e. The van der Waals surface area contributed by atoms with Crippen molar-refractivity contribution in [3.8, 4) is 0 Å². The van der Waals surface area contributed by atoms with Crippen molar-refractivity contribution in [2.24, 2.45) is 0 Å². The summed E-state index contributed by atoms with van der Waals surface area (Å²) in [6, 6.07) is 20.4. The molecule has 0 aromatic heterocycles. The summed E-state index contributed by atoms with van der Waals surface area (Å²) >= 11 is 0. The lowest BCUT2D eigenvalue weighted by Crippen LogP contribution is -2.66. The van der Waals surface area contributed by atoms with Gasteiger partial charge < -0.3 is 9.53 Å². The van der Waals surface area contributed by atoms with Crippen LogP contribution in [0, 0.1) is 0 Å². The van der Waals surface area contributed by atoms with Gasteiger partial charge in [0, 0.05) is 77.4 Å². The zero-order valence-electron chi connectivity index (χ0n) is 24.7. The summed E-state index contributed by atoms with van der Waals surface area (Å²) in [5.74, 6) is -0.744. The van der Waals surface area contributed by atoms with E-state index in [0.717, 1.165) is 10.4 Å². The quantitative estimate of drug-likeness (QED) is 0.232. The fourth-order valence-corrected chi connectivity index (χ4v) is 9.51. The number of hydrogen-bond acceptors (Lipinski definition) is 7. The maximum Gasteiger partial charge on any atom is 0.261 e. The van der Waals surface area contributed by atoms with Crippen molar-refractivity contribution in [2.45, 2.75) is 90.0 Å². The highest BCUT2D eigenvalue weighted by molar-refractivity contribution is 6.99. The molecule has 0 aliphatic heterocycles. The molecule has 0 atom stereocenters. The molecule has 8 heteroatoms. The van der Waals surface area contributed by atoms with Crippen LogP contribution in [0.15, 0.2) is 60.7 Å². The van der Waals surface area contributed by atoms with E-state index in [1.54, 1.807) is 0 Å². The van der Waals surface area contributed by atoms with Crippen molar-refractivity contribution in [2.75, 3.05) is 13.2 Å². The summed E-state index contributed by atoms with van der Waals surface area (Å²) in [6.45, 7) is 6.56. The number of aliphatic hydroxyl groups is 1. The van der Waals surface area contributed by atoms with Crippen molar-refractivity contribution < 1.29 is 33.5 Å². The van der Waals surface area contributed by atoms with Crippen molar-refractivity contribution in [3.63, 3.8) is 0 Å². The first kappa shape index (κ1) is 34.1. The van der Waals surface area contributed by atoms with E-state index in [1.807, 2.05) is 36.4 Å². The van der Waals surface area contributed by atoms with Crippen LogP contribution in [0.3, 0.4) is 0 Å². The Kier molecular flexibility index (Phi) is 14.2. The second kappa shape index (κ2) is 17.0. The van der Waals surface area contributed by atoms with Crippen LogP contribution in [-0.2, 0) is 28.4 Å². The molecule has 2 rings (SSSR count). The number of aliphatic hydroxyl groups excluding tert-OH is 1. The Balaban J connectivity index is 1.81. The predicted octanol–water partition coefficient (Wildman–Crippen LogP) is 4.30. The molecule has 0 unspecified atom stereocenters. The van der Waals surface area contributed by atoms with Gasteiger partial charge in [-0.1, -0.05) is 81.4 Å². The number of benzene rings is 2. The van der Waals surface area contributed by atoms with Gasteiger partial charge in [0.2, 0.25) is 0 Å². The molecular weight excluding hydrogens is 536 g/mol. The third-order valence-corrected chi connectivity index (χ3v) is 12.3. The molecule has 2 aromatic carbocycles. The van der Waals surface area contributed by atoms with Crippen LogP contribution in [0.25, 0.3) is 0 Å². The van der Waals surface area contributed by atoms with Gasteiger partial charge in [0.1, 0.15) is 28.9 Å². The Morgan fingerprint density at radius 2 is 0.878 bits per heavy atom. The van der Waals surface area contributed by atoms with E-state index in [0.29, 0.717) is 0 Å². The first-order valence-corrected chi connectivity index (χ1v) is 16.3. The Hall–Kier alpha value is -3.07. The highest BCUT2D eigenvalue weighted by Crippen LogP contribution is 2.36. The molecule has 1 N–H and O–H groups in total. The lowest BCUT2D eigenvalue weighted by atomic mass is 10.0. The summed E-state index contributed by atoms with van der Waals surface area (Å²) < 4.78 is 6.74. The van der Waals surface area contributed by atoms with Crippen LogP contribution in [0.1, 0.15) is 85.0 Å². The van der Waals surface area contributed by atoms with E-state index in [9.17, 15) is 24.0 Å². The number of ketones is 5. The molecule has 0 amide bonds. The fraction of sp³-hybridized carbons (Fsp3) is 0.485. The minimum absolute atomic E-state index is 0.0324. The Morgan fingerprint density at radius 3 is 1.20 bits per heavy atom. The molecule has 0 spiro atoms. The molecule has 0 saturated carbocycles. The fourth-order valence-electron chi connectivity index (χ4n) is 4.94. The van der Waals surface area contributed by atoms with Gasteiger partial charge in [-0.25, -0.2) is 0 Å². The largest absolute Gasteiger partial charge is 0.407 e. The highest BCUT2D eigenvalue weighted by atomic mass is 28.4. The van der Waals surface area contributed by atoms with Gasteiger partial charge in [0.15, 0.2) is 0 Å². The minimum atomic E-state index is -2.72. The smallest absolute Gasteiger partial charge is 0.261 e. The summed E-state index contributed by atoms with van der Waals surface area (Å²) in [5, 5.41) is 10.8. The summed E-state index contributed by atoms with van der Waals surface area (Å²) in [6.07, 6.45) is 0.742. The van der Waals surface area contributed by atoms with Crippen LogP contribution in [0.2, 0.25) is 5.04 Å². The molecule has 0 heterocycles. The molecule has 0 saturated heterocycles. The average Bonchev–Trinajstić information content (AvgIpc) is 2.95. The van der Waals surface area contributed by atoms with Crippen molar-refractivity contribution in [3.05, 3.63) is 60.7 Å². The average molecular weight is 581 g/mol. The Morgan fingerprint density at radius 1 is 0.561 bits per heavy atom. The molecule has 222 valence electrons. The Bertz CT molecular complexity index is 1110. The van der Waals surface area contributed by atoms with Gasteiger partial charge in [-0.2, -0.15) is 0 Å². The van der Waals surface area contributed by atoms with E-state index in [1.165, 1.54) is 0 Å². The summed E-state index contributed by atoms with van der Waals surface area (Å²) in [5.41, 5.74) is 0. The van der Waals surface area contributed by atoms with E-state index < -0.39 is 8.32 Å². The van der Waals surface area contributed by atoms with Crippen molar-refractivity contribution in [1.82, 2.24) is 0 Å². The van der Waals surface area contributed by atoms with E-state index in [4.69, 9.17) is 9.53 Å². The maximum atomic E-state index is 12.7. The maximum absolute atomic E-state index is 12.7. The third-order valence-electron chi connectivity index (χ3n) is 7.24. The second-order valence-corrected chi connectivity index (χ2v) is 15.7. The number of carbonyl (C=O) groups excluding carboxylic acids is 5. The molecule has 0 fully saturated rings. The number of hydrogen-bond donors (Lipinski definition) is 1. The van der Waals surface area contributed by atoms with Gasteiger partial charge in [-0.05, 0) is 15.4 Å². The van der Waals surface area contributed by atoms with Gasteiger partial charge >= 0.3 is 0 Å². The standard InChI is InChI=1S/C33H44O7Si/c1-33(2,3)41(31-10-6-4-7-11-31,32-12-8-5-9-13-32)40-25-23-30(39)21-19-28(37)17-15-26(35)14-16-27(36)18-20-29(38)22-24-34/h4-13,34H,14-25H2,1-3H3. The lowest BCUT2D eigenvalue weighted by Gasteiger charge is -2.43. The van der Waals surface area contributed by atoms with Gasteiger partial charge in [-0.3, -0.25) is 24.0 Å². The van der Waals surface area contributed by atoms with Gasteiger partial charge in [0.25, 0.3) is 8.32 Å². The van der Waals surface area contributed by atoms with Crippen LogP contribution < -0.4 is 10.4 Å². The van der Waals surface area contributed by atoms with Gasteiger partial charge in [-0.15, -0.1) is 0 Å². The third kappa shape index (κ3) is 11.0.